The van der Waals surface area contributed by atoms with Crippen molar-refractivity contribution < 1.29 is 22.7 Å². The lowest BCUT2D eigenvalue weighted by atomic mass is 10.1. The third-order valence-corrected chi connectivity index (χ3v) is 4.90. The molecule has 0 aliphatic carbocycles. The van der Waals surface area contributed by atoms with E-state index in [0.29, 0.717) is 22.8 Å². The monoisotopic (exact) mass is 367 g/mol. The molecule has 3 nitrogen and oxygen atoms in total. The highest BCUT2D eigenvalue weighted by Crippen LogP contribution is 2.36. The molecule has 0 bridgehead atoms. The second-order valence-corrected chi connectivity index (χ2v) is 6.70. The largest absolute Gasteiger partial charge is 0.493 e. The van der Waals surface area contributed by atoms with E-state index in [-0.39, 0.29) is 5.69 Å². The minimum absolute atomic E-state index is 0.167. The average Bonchev–Trinajstić information content (AvgIpc) is 2.57. The van der Waals surface area contributed by atoms with E-state index in [1.807, 2.05) is 0 Å². The zero-order valence-electron chi connectivity index (χ0n) is 13.2. The Balaban J connectivity index is 2.00. The molecule has 2 aromatic carbocycles. The predicted molar refractivity (Wildman–Crippen MR) is 91.3 cm³/mol. The molecule has 1 amide bonds. The number of halogens is 3. The van der Waals surface area contributed by atoms with Crippen molar-refractivity contribution in [1.29, 1.82) is 0 Å². The molecule has 0 unspecified atom stereocenters. The predicted octanol–water partition coefficient (Wildman–Crippen LogP) is 5.22. The second kappa shape index (κ2) is 7.39. The van der Waals surface area contributed by atoms with Gasteiger partial charge in [0.05, 0.1) is 23.4 Å². The van der Waals surface area contributed by atoms with Crippen LogP contribution in [0.15, 0.2) is 47.4 Å². The smallest absolute Gasteiger partial charge is 0.416 e. The first-order valence-corrected chi connectivity index (χ1v) is 8.81. The molecule has 1 heterocycles. The van der Waals surface area contributed by atoms with Gasteiger partial charge in [-0.05, 0) is 48.9 Å². The number of alkyl halides is 3. The van der Waals surface area contributed by atoms with Gasteiger partial charge in [0, 0.05) is 4.90 Å². The van der Waals surface area contributed by atoms with Crippen molar-refractivity contribution >= 4 is 23.4 Å². The normalized spacial score (nSPS) is 15.7. The van der Waals surface area contributed by atoms with Crippen LogP contribution in [0.2, 0.25) is 0 Å². The minimum Gasteiger partial charge on any atom is -0.493 e. The Morgan fingerprint density at radius 2 is 1.88 bits per heavy atom. The van der Waals surface area contributed by atoms with Crippen LogP contribution in [0.25, 0.3) is 0 Å². The van der Waals surface area contributed by atoms with Crippen molar-refractivity contribution in [3.8, 4) is 5.75 Å². The van der Waals surface area contributed by atoms with E-state index in [1.165, 1.54) is 17.8 Å². The lowest BCUT2D eigenvalue weighted by molar-refractivity contribution is -0.137. The molecule has 1 aliphatic heterocycles. The highest BCUT2D eigenvalue weighted by Gasteiger charge is 2.31. The summed E-state index contributed by atoms with van der Waals surface area (Å²) in [5.74, 6) is 0.679. The third-order valence-electron chi connectivity index (χ3n) is 3.74. The summed E-state index contributed by atoms with van der Waals surface area (Å²) in [5, 5.41) is 2.61. The zero-order chi connectivity index (χ0) is 17.9. The number of benzene rings is 2. The molecular weight excluding hydrogens is 351 g/mol. The van der Waals surface area contributed by atoms with Crippen molar-refractivity contribution in [1.82, 2.24) is 0 Å². The number of rotatable bonds is 0. The van der Waals surface area contributed by atoms with Gasteiger partial charge in [-0.15, -0.1) is 11.8 Å². The molecule has 1 aliphatic rings. The number of fused-ring (bicyclic) bond motifs is 2. The Morgan fingerprint density at radius 1 is 1.08 bits per heavy atom. The molecule has 3 rings (SSSR count). The van der Waals surface area contributed by atoms with E-state index >= 15 is 0 Å². The molecule has 2 aromatic rings. The number of ether oxygens (including phenoxy) is 1. The van der Waals surface area contributed by atoms with Gasteiger partial charge in [-0.25, -0.2) is 0 Å². The van der Waals surface area contributed by atoms with Gasteiger partial charge in [0.2, 0.25) is 0 Å². The Bertz CT molecular complexity index is 777. The molecule has 7 heteroatoms. The van der Waals surface area contributed by atoms with Crippen LogP contribution in [-0.2, 0) is 6.18 Å². The first-order valence-electron chi connectivity index (χ1n) is 7.82. The third kappa shape index (κ3) is 4.28. The molecule has 0 radical (unpaired) electrons. The van der Waals surface area contributed by atoms with Gasteiger partial charge >= 0.3 is 6.18 Å². The maximum atomic E-state index is 13.0. The van der Waals surface area contributed by atoms with Gasteiger partial charge < -0.3 is 10.1 Å². The van der Waals surface area contributed by atoms with Crippen LogP contribution in [0.1, 0.15) is 28.8 Å². The van der Waals surface area contributed by atoms with E-state index in [0.717, 1.165) is 30.7 Å². The van der Waals surface area contributed by atoms with Gasteiger partial charge in [-0.2, -0.15) is 13.2 Å². The summed E-state index contributed by atoms with van der Waals surface area (Å²) in [6.45, 7) is 0.491. The number of para-hydroxylation sites is 1. The summed E-state index contributed by atoms with van der Waals surface area (Å²) in [7, 11) is 0. The number of hydrogen-bond donors (Lipinski definition) is 1. The summed E-state index contributed by atoms with van der Waals surface area (Å²) in [6.07, 6.45) is -2.80. The van der Waals surface area contributed by atoms with E-state index in [4.69, 9.17) is 4.74 Å². The summed E-state index contributed by atoms with van der Waals surface area (Å²) < 4.78 is 44.6. The van der Waals surface area contributed by atoms with Crippen molar-refractivity contribution in [3.05, 3.63) is 53.6 Å². The Labute approximate surface area is 147 Å². The first kappa shape index (κ1) is 17.7. The van der Waals surface area contributed by atoms with Crippen LogP contribution in [0, 0.1) is 0 Å². The van der Waals surface area contributed by atoms with Crippen molar-refractivity contribution in [2.75, 3.05) is 17.7 Å². The number of hydrogen-bond acceptors (Lipinski definition) is 3. The van der Waals surface area contributed by atoms with Crippen LogP contribution < -0.4 is 10.1 Å². The van der Waals surface area contributed by atoms with Crippen LogP contribution in [-0.4, -0.2) is 18.3 Å². The quantitative estimate of drug-likeness (QED) is 0.694. The molecule has 1 N–H and O–H groups in total. The van der Waals surface area contributed by atoms with E-state index in [9.17, 15) is 18.0 Å². The number of amides is 1. The van der Waals surface area contributed by atoms with Gasteiger partial charge in [-0.3, -0.25) is 4.79 Å². The molecule has 0 spiro atoms. The minimum atomic E-state index is -4.46. The number of anilines is 1. The molecule has 0 fully saturated rings. The van der Waals surface area contributed by atoms with Gasteiger partial charge in [-0.1, -0.05) is 12.1 Å². The highest BCUT2D eigenvalue weighted by atomic mass is 32.2. The number of thioether (sulfide) groups is 1. The summed E-state index contributed by atoms with van der Waals surface area (Å²) in [4.78, 5) is 13.2. The number of nitrogens with one attached hydrogen (secondary N) is 1. The number of carbonyl (C=O) groups excluding carboxylic acids is 1. The lowest BCUT2D eigenvalue weighted by Gasteiger charge is -2.17. The standard InChI is InChI=1S/C18H16F3NO2S/c19-18(20,21)12-7-8-16-14(11-12)22-17(23)13-5-1-2-6-15(13)24-9-3-4-10-25-16/h1-2,5-8,11H,3-4,9-10H2,(H,22,23). The van der Waals surface area contributed by atoms with E-state index in [1.54, 1.807) is 24.3 Å². The van der Waals surface area contributed by atoms with E-state index < -0.39 is 17.6 Å². The Morgan fingerprint density at radius 3 is 2.68 bits per heavy atom. The van der Waals surface area contributed by atoms with E-state index in [2.05, 4.69) is 5.32 Å². The van der Waals surface area contributed by atoms with Crippen molar-refractivity contribution in [2.45, 2.75) is 23.9 Å². The second-order valence-electron chi connectivity index (χ2n) is 5.56. The van der Waals surface area contributed by atoms with Gasteiger partial charge in [0.1, 0.15) is 5.75 Å². The molecule has 0 atom stereocenters. The molecule has 0 saturated carbocycles. The Hall–Kier alpha value is -2.15. The fourth-order valence-corrected chi connectivity index (χ4v) is 3.47. The zero-order valence-corrected chi connectivity index (χ0v) is 14.0. The van der Waals surface area contributed by atoms with Crippen molar-refractivity contribution in [3.63, 3.8) is 0 Å². The van der Waals surface area contributed by atoms with Crippen LogP contribution in [0.5, 0.6) is 5.75 Å². The molecule has 25 heavy (non-hydrogen) atoms. The molecule has 0 saturated heterocycles. The fraction of sp³-hybridized carbons (Fsp3) is 0.278. The van der Waals surface area contributed by atoms with Gasteiger partial charge in [0.25, 0.3) is 5.91 Å². The maximum absolute atomic E-state index is 13.0. The van der Waals surface area contributed by atoms with Crippen molar-refractivity contribution in [2.24, 2.45) is 0 Å². The highest BCUT2D eigenvalue weighted by molar-refractivity contribution is 7.99. The first-order chi connectivity index (χ1) is 11.9. The average molecular weight is 367 g/mol. The lowest BCUT2D eigenvalue weighted by Crippen LogP contribution is -2.16. The fourth-order valence-electron chi connectivity index (χ4n) is 2.47. The van der Waals surface area contributed by atoms with Crippen LogP contribution >= 0.6 is 11.8 Å². The van der Waals surface area contributed by atoms with Crippen LogP contribution in [0.3, 0.4) is 0 Å². The maximum Gasteiger partial charge on any atom is 0.416 e. The van der Waals surface area contributed by atoms with Crippen LogP contribution in [0.4, 0.5) is 18.9 Å². The summed E-state index contributed by atoms with van der Waals surface area (Å²) >= 11 is 1.43. The Kier molecular flexibility index (Phi) is 5.22. The molecular formula is C18H16F3NO2S. The molecule has 132 valence electrons. The van der Waals surface area contributed by atoms with Gasteiger partial charge in [0.15, 0.2) is 0 Å². The number of carbonyl (C=O) groups is 1. The summed E-state index contributed by atoms with van der Waals surface area (Å²) in [6, 6.07) is 10.2. The SMILES string of the molecule is O=C1Nc2cc(C(F)(F)F)ccc2SCCCCOc2ccccc21. The summed E-state index contributed by atoms with van der Waals surface area (Å²) in [5.41, 5.74) is -0.319. The molecule has 0 aromatic heterocycles. The topological polar surface area (TPSA) is 38.3 Å².